The van der Waals surface area contributed by atoms with Crippen LogP contribution in [0.5, 0.6) is 0 Å². The van der Waals surface area contributed by atoms with E-state index in [0.717, 1.165) is 0 Å². The van der Waals surface area contributed by atoms with Crippen molar-refractivity contribution in [3.63, 3.8) is 0 Å². The third-order valence-corrected chi connectivity index (χ3v) is 13.6. The standard InChI is InChI=1S/C56H40/c1-55(2)49-19-11-9-17-40(49)42-25-23-37(30-51(42)55)53-45-27-34-14-5-6-15-35(34)28-46(45)54(38-24-26-43-41-18-10-12-20-50(41)56(3,4)52(43)31-38)48-32-44-36(29-47(48)53)22-21-33-13-7-8-16-39(33)44/h5-32H,1-4H3. The minimum atomic E-state index is -0.0993. The lowest BCUT2D eigenvalue weighted by atomic mass is 9.79. The van der Waals surface area contributed by atoms with Gasteiger partial charge in [0, 0.05) is 10.8 Å². The van der Waals surface area contributed by atoms with E-state index >= 15 is 0 Å². The summed E-state index contributed by atoms with van der Waals surface area (Å²) in [6.45, 7) is 9.56. The van der Waals surface area contributed by atoms with Crippen molar-refractivity contribution in [1.82, 2.24) is 0 Å². The molecule has 0 fully saturated rings. The molecule has 0 unspecified atom stereocenters. The van der Waals surface area contributed by atoms with Crippen LogP contribution in [0.4, 0.5) is 0 Å². The van der Waals surface area contributed by atoms with Crippen molar-refractivity contribution >= 4 is 53.9 Å². The minimum absolute atomic E-state index is 0.0966. The molecule has 0 bridgehead atoms. The Labute approximate surface area is 327 Å². The third kappa shape index (κ3) is 4.19. The van der Waals surface area contributed by atoms with Crippen molar-refractivity contribution in [3.05, 3.63) is 192 Å². The lowest BCUT2D eigenvalue weighted by molar-refractivity contribution is 0.660. The highest BCUT2D eigenvalue weighted by molar-refractivity contribution is 6.27. The molecule has 12 rings (SSSR count). The zero-order valence-electron chi connectivity index (χ0n) is 32.2. The summed E-state index contributed by atoms with van der Waals surface area (Å²) in [6, 6.07) is 64.8. The second kappa shape index (κ2) is 11.1. The van der Waals surface area contributed by atoms with Gasteiger partial charge in [0.2, 0.25) is 0 Å². The summed E-state index contributed by atoms with van der Waals surface area (Å²) < 4.78 is 0. The van der Waals surface area contributed by atoms with Crippen LogP contribution >= 0.6 is 0 Å². The molecular weight excluding hydrogens is 673 g/mol. The topological polar surface area (TPSA) is 0 Å². The number of fused-ring (bicyclic) bond motifs is 12. The molecule has 0 aromatic heterocycles. The summed E-state index contributed by atoms with van der Waals surface area (Å²) in [5, 5.41) is 12.8. The number of benzene rings is 10. The van der Waals surface area contributed by atoms with Gasteiger partial charge in [0.15, 0.2) is 0 Å². The van der Waals surface area contributed by atoms with Crippen LogP contribution in [-0.4, -0.2) is 0 Å². The van der Waals surface area contributed by atoms with Crippen LogP contribution in [0, 0.1) is 0 Å². The fourth-order valence-corrected chi connectivity index (χ4v) is 10.8. The van der Waals surface area contributed by atoms with Gasteiger partial charge in [0.1, 0.15) is 0 Å². The molecule has 0 amide bonds. The van der Waals surface area contributed by atoms with Gasteiger partial charge < -0.3 is 0 Å². The van der Waals surface area contributed by atoms with Crippen LogP contribution in [0.15, 0.2) is 170 Å². The van der Waals surface area contributed by atoms with Crippen LogP contribution in [0.2, 0.25) is 0 Å². The zero-order valence-corrected chi connectivity index (χ0v) is 32.2. The first kappa shape index (κ1) is 31.8. The Morgan fingerprint density at radius 2 is 0.679 bits per heavy atom. The van der Waals surface area contributed by atoms with E-state index in [1.807, 2.05) is 0 Å². The number of hydrogen-bond acceptors (Lipinski definition) is 0. The Morgan fingerprint density at radius 3 is 1.23 bits per heavy atom. The molecule has 0 spiro atoms. The van der Waals surface area contributed by atoms with E-state index < -0.39 is 0 Å². The second-order valence-electron chi connectivity index (χ2n) is 17.3. The van der Waals surface area contributed by atoms with Gasteiger partial charge in [-0.15, -0.1) is 0 Å². The van der Waals surface area contributed by atoms with Gasteiger partial charge in [-0.25, -0.2) is 0 Å². The molecule has 0 atom stereocenters. The summed E-state index contributed by atoms with van der Waals surface area (Å²) >= 11 is 0. The van der Waals surface area contributed by atoms with Crippen LogP contribution in [-0.2, 0) is 10.8 Å². The highest BCUT2D eigenvalue weighted by Gasteiger charge is 2.37. The average molecular weight is 713 g/mol. The van der Waals surface area contributed by atoms with Crippen molar-refractivity contribution in [2.75, 3.05) is 0 Å². The molecule has 10 aromatic rings. The maximum Gasteiger partial charge on any atom is 0.0159 e. The molecule has 56 heavy (non-hydrogen) atoms. The molecule has 2 aliphatic rings. The lowest BCUT2D eigenvalue weighted by Gasteiger charge is -2.24. The van der Waals surface area contributed by atoms with Crippen molar-refractivity contribution in [2.45, 2.75) is 38.5 Å². The van der Waals surface area contributed by atoms with Crippen molar-refractivity contribution < 1.29 is 0 Å². The molecule has 0 saturated carbocycles. The van der Waals surface area contributed by atoms with Gasteiger partial charge in [0.05, 0.1) is 0 Å². The van der Waals surface area contributed by atoms with Crippen molar-refractivity contribution in [1.29, 1.82) is 0 Å². The first-order valence-electron chi connectivity index (χ1n) is 20.0. The van der Waals surface area contributed by atoms with Crippen LogP contribution < -0.4 is 0 Å². The van der Waals surface area contributed by atoms with Gasteiger partial charge >= 0.3 is 0 Å². The largest absolute Gasteiger partial charge is 0.0619 e. The van der Waals surface area contributed by atoms with Gasteiger partial charge in [-0.2, -0.15) is 0 Å². The minimum Gasteiger partial charge on any atom is -0.0619 e. The van der Waals surface area contributed by atoms with Gasteiger partial charge in [0.25, 0.3) is 0 Å². The fraction of sp³-hybridized carbons (Fsp3) is 0.107. The Morgan fingerprint density at radius 1 is 0.268 bits per heavy atom. The first-order chi connectivity index (χ1) is 27.3. The number of rotatable bonds is 2. The average Bonchev–Trinajstić information content (AvgIpc) is 3.60. The van der Waals surface area contributed by atoms with Gasteiger partial charge in [-0.05, 0) is 157 Å². The maximum atomic E-state index is 2.51. The third-order valence-electron chi connectivity index (χ3n) is 13.6. The first-order valence-corrected chi connectivity index (χ1v) is 20.0. The molecule has 10 aromatic carbocycles. The smallest absolute Gasteiger partial charge is 0.0159 e. The van der Waals surface area contributed by atoms with Gasteiger partial charge in [-0.1, -0.05) is 161 Å². The Hall–Kier alpha value is -6.50. The van der Waals surface area contributed by atoms with Gasteiger partial charge in [-0.3, -0.25) is 0 Å². The lowest BCUT2D eigenvalue weighted by Crippen LogP contribution is -2.15. The monoisotopic (exact) mass is 712 g/mol. The Balaban J connectivity index is 1.24. The fourth-order valence-electron chi connectivity index (χ4n) is 10.8. The van der Waals surface area contributed by atoms with Crippen molar-refractivity contribution in [3.8, 4) is 44.5 Å². The molecule has 0 saturated heterocycles. The molecule has 0 heteroatoms. The Bertz CT molecular complexity index is 3350. The molecule has 0 aliphatic heterocycles. The number of hydrogen-bond donors (Lipinski definition) is 0. The summed E-state index contributed by atoms with van der Waals surface area (Å²) in [7, 11) is 0. The predicted octanol–water partition coefficient (Wildman–Crippen LogP) is 15.4. The maximum absolute atomic E-state index is 2.51. The van der Waals surface area contributed by atoms with Crippen LogP contribution in [0.25, 0.3) is 98.4 Å². The quantitative estimate of drug-likeness (QED) is 0.124. The van der Waals surface area contributed by atoms with E-state index in [0.29, 0.717) is 0 Å². The SMILES string of the molecule is CC1(C)c2ccccc2-c2ccc(-c3c4cc5ccccc5cc4c(-c4ccc5c(c4)C(C)(C)c4ccccc4-5)c4cc5c(ccc6ccccc65)cc34)cc21. The van der Waals surface area contributed by atoms with E-state index in [2.05, 4.69) is 198 Å². The van der Waals surface area contributed by atoms with Crippen molar-refractivity contribution in [2.24, 2.45) is 0 Å². The second-order valence-corrected chi connectivity index (χ2v) is 17.3. The van der Waals surface area contributed by atoms with Crippen LogP contribution in [0.3, 0.4) is 0 Å². The molecule has 264 valence electrons. The molecule has 0 heterocycles. The molecule has 0 N–H and O–H groups in total. The normalized spacial score (nSPS) is 14.7. The molecule has 0 radical (unpaired) electrons. The van der Waals surface area contributed by atoms with Crippen LogP contribution in [0.1, 0.15) is 49.9 Å². The molecule has 0 nitrogen and oxygen atoms in total. The summed E-state index contributed by atoms with van der Waals surface area (Å²) in [5.74, 6) is 0. The zero-order chi connectivity index (χ0) is 37.5. The van der Waals surface area contributed by atoms with E-state index in [9.17, 15) is 0 Å². The van der Waals surface area contributed by atoms with E-state index in [-0.39, 0.29) is 10.8 Å². The predicted molar refractivity (Wildman–Crippen MR) is 240 cm³/mol. The van der Waals surface area contributed by atoms with E-state index in [1.54, 1.807) is 0 Å². The summed E-state index contributed by atoms with van der Waals surface area (Å²) in [6.07, 6.45) is 0. The van der Waals surface area contributed by atoms with E-state index in [4.69, 9.17) is 0 Å². The summed E-state index contributed by atoms with van der Waals surface area (Å²) in [4.78, 5) is 0. The highest BCUT2D eigenvalue weighted by atomic mass is 14.4. The Kier molecular flexibility index (Phi) is 6.28. The summed E-state index contributed by atoms with van der Waals surface area (Å²) in [5.41, 5.74) is 16.0. The molecule has 2 aliphatic carbocycles. The van der Waals surface area contributed by atoms with E-state index in [1.165, 1.54) is 121 Å². The highest BCUT2D eigenvalue weighted by Crippen LogP contribution is 2.54. The molecular formula is C56H40.